The quantitative estimate of drug-likeness (QED) is 0.515. The maximum absolute atomic E-state index is 10.6. The van der Waals surface area contributed by atoms with E-state index in [2.05, 4.69) is 10.2 Å². The highest BCUT2D eigenvalue weighted by molar-refractivity contribution is 6.17. The Morgan fingerprint density at radius 2 is 2.35 bits per heavy atom. The maximum Gasteiger partial charge on any atom is 0.271 e. The molecule has 1 aromatic heterocycles. The second-order valence-electron chi connectivity index (χ2n) is 3.48. The summed E-state index contributed by atoms with van der Waals surface area (Å²) in [6.07, 6.45) is 4.54. The molecule has 0 saturated carbocycles. The van der Waals surface area contributed by atoms with Crippen molar-refractivity contribution in [2.75, 3.05) is 5.88 Å². The summed E-state index contributed by atoms with van der Waals surface area (Å²) in [6, 6.07) is 4.63. The molecule has 0 atom stereocenters. The van der Waals surface area contributed by atoms with Crippen LogP contribution < -0.4 is 0 Å². The summed E-state index contributed by atoms with van der Waals surface area (Å²) >= 11 is 5.56. The Labute approximate surface area is 102 Å². The van der Waals surface area contributed by atoms with Crippen LogP contribution in [0.25, 0.3) is 17.0 Å². The van der Waals surface area contributed by atoms with E-state index in [1.807, 2.05) is 12.2 Å². The van der Waals surface area contributed by atoms with Crippen molar-refractivity contribution in [3.63, 3.8) is 0 Å². The predicted molar refractivity (Wildman–Crippen MR) is 67.1 cm³/mol. The number of nitro groups is 1. The van der Waals surface area contributed by atoms with Crippen molar-refractivity contribution >= 4 is 34.3 Å². The number of nitro benzene ring substituents is 1. The molecule has 5 nitrogen and oxygen atoms in total. The van der Waals surface area contributed by atoms with Crippen molar-refractivity contribution in [3.05, 3.63) is 40.1 Å². The van der Waals surface area contributed by atoms with Gasteiger partial charge >= 0.3 is 0 Å². The highest BCUT2D eigenvalue weighted by atomic mass is 35.5. The summed E-state index contributed by atoms with van der Waals surface area (Å²) in [7, 11) is 0. The van der Waals surface area contributed by atoms with E-state index in [9.17, 15) is 10.1 Å². The lowest BCUT2D eigenvalue weighted by molar-refractivity contribution is -0.384. The number of nitrogens with one attached hydrogen (secondary N) is 1. The summed E-state index contributed by atoms with van der Waals surface area (Å²) < 4.78 is 0. The molecule has 0 aliphatic carbocycles. The third-order valence-electron chi connectivity index (χ3n) is 2.34. The van der Waals surface area contributed by atoms with E-state index in [1.54, 1.807) is 6.07 Å². The third-order valence-corrected chi connectivity index (χ3v) is 2.56. The molecule has 2 aromatic rings. The largest absolute Gasteiger partial charge is 0.277 e. The van der Waals surface area contributed by atoms with Crippen LogP contribution in [0.5, 0.6) is 0 Å². The van der Waals surface area contributed by atoms with Gasteiger partial charge < -0.3 is 0 Å². The summed E-state index contributed by atoms with van der Waals surface area (Å²) in [5.74, 6) is 0.560. The molecule has 1 heterocycles. The van der Waals surface area contributed by atoms with Crippen LogP contribution in [0.1, 0.15) is 12.1 Å². The topological polar surface area (TPSA) is 71.8 Å². The summed E-state index contributed by atoms with van der Waals surface area (Å²) in [6.45, 7) is 0. The highest BCUT2D eigenvalue weighted by Crippen LogP contribution is 2.22. The van der Waals surface area contributed by atoms with Crippen LogP contribution >= 0.6 is 11.6 Å². The Bertz CT molecular complexity index is 577. The van der Waals surface area contributed by atoms with Crippen molar-refractivity contribution in [2.45, 2.75) is 6.42 Å². The first kappa shape index (κ1) is 11.6. The number of hydrogen-bond donors (Lipinski definition) is 1. The van der Waals surface area contributed by atoms with Crippen LogP contribution in [-0.2, 0) is 0 Å². The predicted octanol–water partition coefficient (Wildman–Crippen LogP) is 3.11. The van der Waals surface area contributed by atoms with Gasteiger partial charge in [-0.25, -0.2) is 0 Å². The van der Waals surface area contributed by atoms with Gasteiger partial charge in [0, 0.05) is 23.4 Å². The minimum atomic E-state index is -0.427. The van der Waals surface area contributed by atoms with E-state index in [4.69, 9.17) is 11.6 Å². The number of non-ortho nitro benzene ring substituents is 1. The van der Waals surface area contributed by atoms with Crippen molar-refractivity contribution < 1.29 is 4.92 Å². The number of hydrogen-bond acceptors (Lipinski definition) is 3. The third kappa shape index (κ3) is 2.45. The number of alkyl halides is 1. The number of H-pyrrole nitrogens is 1. The van der Waals surface area contributed by atoms with E-state index in [0.717, 1.165) is 17.5 Å². The zero-order valence-electron chi connectivity index (χ0n) is 8.89. The summed E-state index contributed by atoms with van der Waals surface area (Å²) in [5.41, 5.74) is 1.47. The van der Waals surface area contributed by atoms with Gasteiger partial charge in [0.25, 0.3) is 5.69 Å². The molecule has 0 spiro atoms. The molecule has 2 rings (SSSR count). The van der Waals surface area contributed by atoms with Crippen LogP contribution in [0, 0.1) is 10.1 Å². The number of fused-ring (bicyclic) bond motifs is 1. The molecule has 0 unspecified atom stereocenters. The van der Waals surface area contributed by atoms with Crippen LogP contribution in [0.3, 0.4) is 0 Å². The molecule has 1 N–H and O–H groups in total. The number of aromatic amines is 1. The molecule has 88 valence electrons. The molecule has 0 amide bonds. The Balaban J connectivity index is 2.38. The highest BCUT2D eigenvalue weighted by Gasteiger charge is 2.09. The van der Waals surface area contributed by atoms with Gasteiger partial charge in [-0.1, -0.05) is 6.08 Å². The number of halogens is 1. The normalized spacial score (nSPS) is 11.4. The standard InChI is InChI=1S/C11H10ClN3O2/c12-6-2-1-3-10-9-5-4-8(15(16)17)7-11(9)14-13-10/h1,3-5,7H,2,6H2,(H,13,14). The van der Waals surface area contributed by atoms with Crippen molar-refractivity contribution in [2.24, 2.45) is 0 Å². The average Bonchev–Trinajstić information content (AvgIpc) is 2.72. The second-order valence-corrected chi connectivity index (χ2v) is 3.85. The molecule has 17 heavy (non-hydrogen) atoms. The molecule has 0 bridgehead atoms. The van der Waals surface area contributed by atoms with Crippen LogP contribution in [0.15, 0.2) is 24.3 Å². The first-order valence-corrected chi connectivity index (χ1v) is 5.61. The van der Waals surface area contributed by atoms with Crippen molar-refractivity contribution in [3.8, 4) is 0 Å². The number of allylic oxidation sites excluding steroid dienone is 1. The fourth-order valence-corrected chi connectivity index (χ4v) is 1.65. The fraction of sp³-hybridized carbons (Fsp3) is 0.182. The first-order valence-electron chi connectivity index (χ1n) is 5.07. The van der Waals surface area contributed by atoms with Gasteiger partial charge in [-0.2, -0.15) is 5.10 Å². The van der Waals surface area contributed by atoms with Crippen LogP contribution in [-0.4, -0.2) is 21.0 Å². The Morgan fingerprint density at radius 3 is 3.06 bits per heavy atom. The van der Waals surface area contributed by atoms with Gasteiger partial charge in [0.15, 0.2) is 0 Å². The average molecular weight is 252 g/mol. The van der Waals surface area contributed by atoms with Gasteiger partial charge in [-0.3, -0.25) is 15.2 Å². The monoisotopic (exact) mass is 251 g/mol. The minimum absolute atomic E-state index is 0.0532. The molecule has 0 aliphatic rings. The molecule has 0 saturated heterocycles. The smallest absolute Gasteiger partial charge is 0.271 e. The number of benzene rings is 1. The fourth-order valence-electron chi connectivity index (χ4n) is 1.53. The van der Waals surface area contributed by atoms with Gasteiger partial charge in [0.05, 0.1) is 16.1 Å². The number of rotatable bonds is 4. The number of nitrogens with zero attached hydrogens (tertiary/aromatic N) is 2. The first-order chi connectivity index (χ1) is 8.22. The zero-order valence-corrected chi connectivity index (χ0v) is 9.65. The molecule has 0 fully saturated rings. The van der Waals surface area contributed by atoms with Crippen LogP contribution in [0.4, 0.5) is 5.69 Å². The molecule has 1 aromatic carbocycles. The zero-order chi connectivity index (χ0) is 12.3. The molecular weight excluding hydrogens is 242 g/mol. The molecule has 6 heteroatoms. The molecular formula is C11H10ClN3O2. The van der Waals surface area contributed by atoms with E-state index in [0.29, 0.717) is 11.4 Å². The van der Waals surface area contributed by atoms with E-state index < -0.39 is 4.92 Å². The molecule has 0 radical (unpaired) electrons. The van der Waals surface area contributed by atoms with Gasteiger partial charge in [0.2, 0.25) is 0 Å². The van der Waals surface area contributed by atoms with Crippen LogP contribution in [0.2, 0.25) is 0 Å². The van der Waals surface area contributed by atoms with E-state index in [1.165, 1.54) is 12.1 Å². The lowest BCUT2D eigenvalue weighted by atomic mass is 10.2. The van der Waals surface area contributed by atoms with Crippen molar-refractivity contribution in [1.82, 2.24) is 10.2 Å². The van der Waals surface area contributed by atoms with E-state index in [-0.39, 0.29) is 5.69 Å². The Hall–Kier alpha value is -1.88. The molecule has 0 aliphatic heterocycles. The summed E-state index contributed by atoms with van der Waals surface area (Å²) in [5, 5.41) is 18.3. The van der Waals surface area contributed by atoms with Gasteiger partial charge in [-0.15, -0.1) is 11.6 Å². The SMILES string of the molecule is O=[N+]([O-])c1ccc2c(C=CCCCl)n[nH]c2c1. The van der Waals surface area contributed by atoms with E-state index >= 15 is 0 Å². The Kier molecular flexibility index (Phi) is 3.39. The van der Waals surface area contributed by atoms with Gasteiger partial charge in [-0.05, 0) is 18.6 Å². The number of aromatic nitrogens is 2. The second kappa shape index (κ2) is 4.97. The lowest BCUT2D eigenvalue weighted by Crippen LogP contribution is -1.86. The summed E-state index contributed by atoms with van der Waals surface area (Å²) in [4.78, 5) is 10.2. The Morgan fingerprint density at radius 1 is 1.53 bits per heavy atom. The lowest BCUT2D eigenvalue weighted by Gasteiger charge is -1.91. The maximum atomic E-state index is 10.6. The minimum Gasteiger partial charge on any atom is -0.277 e. The van der Waals surface area contributed by atoms with Gasteiger partial charge in [0.1, 0.15) is 0 Å². The van der Waals surface area contributed by atoms with Crippen molar-refractivity contribution in [1.29, 1.82) is 0 Å².